The Bertz CT molecular complexity index is 1320. The van der Waals surface area contributed by atoms with E-state index in [-0.39, 0.29) is 18.5 Å². The van der Waals surface area contributed by atoms with Crippen LogP contribution >= 0.6 is 15.9 Å². The van der Waals surface area contributed by atoms with Gasteiger partial charge in [0.05, 0.1) is 5.69 Å². The Labute approximate surface area is 234 Å². The monoisotopic (exact) mass is 604 g/mol. The number of rotatable bonds is 12. The largest absolute Gasteiger partial charge is 0.465 e. The molecule has 206 valence electrons. The molecule has 3 aromatic rings. The highest BCUT2D eigenvalue weighted by Gasteiger charge is 2.31. The molecule has 0 aliphatic rings. The van der Waals surface area contributed by atoms with Crippen LogP contribution in [-0.4, -0.2) is 58.4 Å². The minimum Gasteiger partial charge on any atom is -0.465 e. The van der Waals surface area contributed by atoms with E-state index >= 15 is 0 Å². The van der Waals surface area contributed by atoms with Crippen LogP contribution in [0, 0.1) is 5.41 Å². The van der Waals surface area contributed by atoms with Crippen LogP contribution in [0.5, 0.6) is 0 Å². The molecule has 1 heterocycles. The molecule has 0 fully saturated rings. The summed E-state index contributed by atoms with van der Waals surface area (Å²) in [6.45, 7) is 6.61. The number of carbonyl (C=O) groups is 1. The van der Waals surface area contributed by atoms with Crippen molar-refractivity contribution in [2.75, 3.05) is 20.6 Å². The van der Waals surface area contributed by atoms with Crippen LogP contribution in [0.15, 0.2) is 65.3 Å². The molecular formula is C28H37BrN4O4S. The van der Waals surface area contributed by atoms with Gasteiger partial charge in [-0.05, 0) is 41.5 Å². The lowest BCUT2D eigenvalue weighted by Gasteiger charge is -2.26. The van der Waals surface area contributed by atoms with E-state index in [2.05, 4.69) is 36.7 Å². The van der Waals surface area contributed by atoms with Crippen LogP contribution in [0.2, 0.25) is 0 Å². The smallest absolute Gasteiger partial charge is 0.407 e. The lowest BCUT2D eigenvalue weighted by Crippen LogP contribution is -2.36. The summed E-state index contributed by atoms with van der Waals surface area (Å²) in [5.41, 5.74) is 2.41. The quantitative estimate of drug-likeness (QED) is 0.282. The van der Waals surface area contributed by atoms with E-state index < -0.39 is 22.2 Å². The van der Waals surface area contributed by atoms with Gasteiger partial charge in [-0.2, -0.15) is 12.7 Å². The second-order valence-electron chi connectivity index (χ2n) is 10.5. The second kappa shape index (κ2) is 12.4. The highest BCUT2D eigenvalue weighted by molar-refractivity contribution is 9.10. The number of halogens is 1. The molecule has 0 bridgehead atoms. The number of imidazole rings is 1. The first-order chi connectivity index (χ1) is 17.8. The fourth-order valence-electron chi connectivity index (χ4n) is 4.18. The van der Waals surface area contributed by atoms with Crippen molar-refractivity contribution < 1.29 is 18.3 Å². The maximum absolute atomic E-state index is 13.4. The Morgan fingerprint density at radius 1 is 1.08 bits per heavy atom. The van der Waals surface area contributed by atoms with Crippen molar-refractivity contribution in [3.63, 3.8) is 0 Å². The lowest BCUT2D eigenvalue weighted by atomic mass is 9.85. The summed E-state index contributed by atoms with van der Waals surface area (Å²) in [6, 6.07) is 17.1. The van der Waals surface area contributed by atoms with Crippen molar-refractivity contribution in [3.8, 4) is 0 Å². The normalized spacial score (nSPS) is 13.0. The van der Waals surface area contributed by atoms with Crippen molar-refractivity contribution in [3.05, 3.63) is 87.9 Å². The van der Waals surface area contributed by atoms with Crippen LogP contribution < -0.4 is 0 Å². The SMILES string of the molecule is CCC(C)(C)Cc1cn(S(=O)(=O)N(C)C)c(C(Cc2ccc(Br)cc2)CN(Cc2ccccc2)C(=O)O)n1. The molecule has 1 aromatic heterocycles. The zero-order valence-electron chi connectivity index (χ0n) is 22.6. The lowest BCUT2D eigenvalue weighted by molar-refractivity contribution is 0.138. The van der Waals surface area contributed by atoms with E-state index in [1.54, 1.807) is 6.20 Å². The van der Waals surface area contributed by atoms with Gasteiger partial charge in [-0.15, -0.1) is 0 Å². The van der Waals surface area contributed by atoms with Crippen LogP contribution in [0.3, 0.4) is 0 Å². The third-order valence-corrected chi connectivity index (χ3v) is 9.01. The number of carboxylic acid groups (broad SMARTS) is 1. The second-order valence-corrected chi connectivity index (χ2v) is 13.5. The molecule has 8 nitrogen and oxygen atoms in total. The van der Waals surface area contributed by atoms with Gasteiger partial charge >= 0.3 is 16.3 Å². The van der Waals surface area contributed by atoms with E-state index in [0.717, 1.165) is 26.3 Å². The number of nitrogens with zero attached hydrogens (tertiary/aromatic N) is 4. The molecule has 2 aromatic carbocycles. The van der Waals surface area contributed by atoms with Gasteiger partial charge < -0.3 is 10.0 Å². The highest BCUT2D eigenvalue weighted by atomic mass is 79.9. The molecule has 0 aliphatic heterocycles. The Balaban J connectivity index is 2.11. The van der Waals surface area contributed by atoms with E-state index in [1.165, 1.54) is 23.0 Å². The average molecular weight is 606 g/mol. The molecule has 1 atom stereocenters. The summed E-state index contributed by atoms with van der Waals surface area (Å²) < 4.78 is 30.2. The number of hydrogen-bond acceptors (Lipinski definition) is 4. The van der Waals surface area contributed by atoms with Crippen molar-refractivity contribution in [2.24, 2.45) is 5.41 Å². The molecule has 0 spiro atoms. The van der Waals surface area contributed by atoms with Gasteiger partial charge in [0, 0.05) is 43.8 Å². The van der Waals surface area contributed by atoms with Crippen LogP contribution in [-0.2, 0) is 29.6 Å². The van der Waals surface area contributed by atoms with Crippen molar-refractivity contribution in [1.82, 2.24) is 18.2 Å². The molecule has 1 unspecified atom stereocenters. The summed E-state index contributed by atoms with van der Waals surface area (Å²) in [7, 11) is -0.927. The molecule has 1 amide bonds. The molecule has 0 radical (unpaired) electrons. The van der Waals surface area contributed by atoms with Crippen molar-refractivity contribution in [2.45, 2.75) is 52.5 Å². The Morgan fingerprint density at radius 3 is 2.26 bits per heavy atom. The fourth-order valence-corrected chi connectivity index (χ4v) is 5.48. The Morgan fingerprint density at radius 2 is 1.71 bits per heavy atom. The van der Waals surface area contributed by atoms with Crippen molar-refractivity contribution >= 4 is 32.2 Å². The third-order valence-electron chi connectivity index (χ3n) is 6.77. The van der Waals surface area contributed by atoms with Gasteiger partial charge in [0.1, 0.15) is 5.82 Å². The van der Waals surface area contributed by atoms with E-state index in [1.807, 2.05) is 54.6 Å². The van der Waals surface area contributed by atoms with E-state index in [9.17, 15) is 18.3 Å². The van der Waals surface area contributed by atoms with E-state index in [0.29, 0.717) is 24.4 Å². The maximum Gasteiger partial charge on any atom is 0.407 e. The Hall–Kier alpha value is -2.69. The van der Waals surface area contributed by atoms with Gasteiger partial charge in [-0.3, -0.25) is 0 Å². The number of amides is 1. The molecule has 0 saturated heterocycles. The van der Waals surface area contributed by atoms with Gasteiger partial charge in [0.2, 0.25) is 0 Å². The van der Waals surface area contributed by atoms with E-state index in [4.69, 9.17) is 4.98 Å². The summed E-state index contributed by atoms with van der Waals surface area (Å²) in [5, 5.41) is 10.1. The number of benzene rings is 2. The molecule has 38 heavy (non-hydrogen) atoms. The minimum absolute atomic E-state index is 0.0695. The molecule has 0 saturated carbocycles. The molecule has 3 rings (SSSR count). The molecule has 0 aliphatic carbocycles. The summed E-state index contributed by atoms with van der Waals surface area (Å²) in [6.07, 6.45) is 2.45. The third kappa shape index (κ3) is 7.68. The van der Waals surface area contributed by atoms with Crippen LogP contribution in [0.1, 0.15) is 55.8 Å². The van der Waals surface area contributed by atoms with Gasteiger partial charge in [0.25, 0.3) is 0 Å². The minimum atomic E-state index is -3.89. The van der Waals surface area contributed by atoms with Crippen LogP contribution in [0.25, 0.3) is 0 Å². The summed E-state index contributed by atoms with van der Waals surface area (Å²) >= 11 is 3.46. The van der Waals surface area contributed by atoms with Gasteiger partial charge in [-0.1, -0.05) is 85.6 Å². The average Bonchev–Trinajstić information content (AvgIpc) is 3.28. The first-order valence-electron chi connectivity index (χ1n) is 12.6. The first-order valence-corrected chi connectivity index (χ1v) is 14.8. The first kappa shape index (κ1) is 29.9. The molecule has 10 heteroatoms. The predicted octanol–water partition coefficient (Wildman–Crippen LogP) is 5.79. The summed E-state index contributed by atoms with van der Waals surface area (Å²) in [5.74, 6) is -0.174. The summed E-state index contributed by atoms with van der Waals surface area (Å²) in [4.78, 5) is 18.5. The molecular weight excluding hydrogens is 568 g/mol. The highest BCUT2D eigenvalue weighted by Crippen LogP contribution is 2.30. The fraction of sp³-hybridized carbons (Fsp3) is 0.429. The number of hydrogen-bond donors (Lipinski definition) is 1. The zero-order chi connectivity index (χ0) is 28.1. The van der Waals surface area contributed by atoms with Gasteiger partial charge in [0.15, 0.2) is 0 Å². The standard InChI is InChI=1S/C28H37BrN4O4S/c1-6-28(2,3)17-25-20-33(38(36,37)31(4)5)26(30-25)23(16-21-12-14-24(29)15-13-21)19-32(27(34)35)18-22-10-8-7-9-11-22/h7-15,20,23H,6,16-19H2,1-5H3,(H,34,35). The van der Waals surface area contributed by atoms with Crippen molar-refractivity contribution in [1.29, 1.82) is 0 Å². The Kier molecular flexibility index (Phi) is 9.78. The molecule has 1 N–H and O–H groups in total. The zero-order valence-corrected chi connectivity index (χ0v) is 25.0. The topological polar surface area (TPSA) is 95.7 Å². The maximum atomic E-state index is 13.4. The predicted molar refractivity (Wildman–Crippen MR) is 153 cm³/mol. The van der Waals surface area contributed by atoms with Crippen LogP contribution in [0.4, 0.5) is 4.79 Å². The number of aromatic nitrogens is 2. The van der Waals surface area contributed by atoms with Gasteiger partial charge in [-0.25, -0.2) is 13.8 Å².